The van der Waals surface area contributed by atoms with E-state index in [0.717, 1.165) is 5.33 Å². The van der Waals surface area contributed by atoms with Crippen LogP contribution in [0.4, 0.5) is 0 Å². The number of alkyl halides is 1. The molecule has 88 valence electrons. The van der Waals surface area contributed by atoms with Gasteiger partial charge in [0.1, 0.15) is 0 Å². The zero-order valence-electron chi connectivity index (χ0n) is 9.22. The number of benzene rings is 1. The van der Waals surface area contributed by atoms with Gasteiger partial charge in [0.25, 0.3) is 0 Å². The predicted octanol–water partition coefficient (Wildman–Crippen LogP) is 5.50. The van der Waals surface area contributed by atoms with Crippen molar-refractivity contribution in [3.05, 3.63) is 28.7 Å². The topological polar surface area (TPSA) is 0 Å². The van der Waals surface area contributed by atoms with E-state index in [1.165, 1.54) is 40.8 Å². The second-order valence-electron chi connectivity index (χ2n) is 4.56. The minimum Gasteiger partial charge on any atom is -0.124 e. The highest BCUT2D eigenvalue weighted by atomic mass is 79.9. The van der Waals surface area contributed by atoms with Gasteiger partial charge in [0, 0.05) is 20.5 Å². The van der Waals surface area contributed by atoms with E-state index in [1.807, 2.05) is 11.8 Å². The van der Waals surface area contributed by atoms with Crippen LogP contribution in [0.25, 0.3) is 0 Å². The van der Waals surface area contributed by atoms with Crippen LogP contribution in [-0.4, -0.2) is 11.1 Å². The van der Waals surface area contributed by atoms with E-state index in [4.69, 9.17) is 0 Å². The molecule has 0 N–H and O–H groups in total. The highest BCUT2D eigenvalue weighted by molar-refractivity contribution is 9.10. The van der Waals surface area contributed by atoms with Crippen LogP contribution in [0.3, 0.4) is 0 Å². The fourth-order valence-electron chi connectivity index (χ4n) is 2.23. The summed E-state index contributed by atoms with van der Waals surface area (Å²) in [6.45, 7) is 0. The Bertz CT molecular complexity index is 346. The third kappa shape index (κ3) is 3.05. The molecular weight excluding hydrogens is 348 g/mol. The van der Waals surface area contributed by atoms with Gasteiger partial charge in [0.05, 0.1) is 0 Å². The van der Waals surface area contributed by atoms with Crippen molar-refractivity contribution < 1.29 is 0 Å². The Morgan fingerprint density at radius 3 is 2.50 bits per heavy atom. The molecule has 2 rings (SSSR count). The summed E-state index contributed by atoms with van der Waals surface area (Å²) in [5, 5.41) is 1.15. The van der Waals surface area contributed by atoms with Gasteiger partial charge in [-0.25, -0.2) is 0 Å². The quantitative estimate of drug-likeness (QED) is 0.503. The molecule has 0 aliphatic heterocycles. The Kier molecular flexibility index (Phi) is 4.80. The molecule has 0 radical (unpaired) electrons. The van der Waals surface area contributed by atoms with Crippen LogP contribution in [0.15, 0.2) is 33.6 Å². The summed E-state index contributed by atoms with van der Waals surface area (Å²) >= 11 is 9.30. The predicted molar refractivity (Wildman–Crippen MR) is 79.6 cm³/mol. The van der Waals surface area contributed by atoms with Gasteiger partial charge in [-0.2, -0.15) is 0 Å². The first kappa shape index (κ1) is 13.0. The molecule has 0 nitrogen and oxygen atoms in total. The molecule has 0 bridgehead atoms. The molecule has 0 unspecified atom stereocenters. The Labute approximate surface area is 119 Å². The van der Waals surface area contributed by atoms with Crippen molar-refractivity contribution in [1.82, 2.24) is 0 Å². The summed E-state index contributed by atoms with van der Waals surface area (Å²) in [6, 6.07) is 8.51. The minimum atomic E-state index is 0.542. The minimum absolute atomic E-state index is 0.542. The summed E-state index contributed by atoms with van der Waals surface area (Å²) in [4.78, 5) is 1.37. The van der Waals surface area contributed by atoms with Gasteiger partial charge < -0.3 is 0 Å². The Morgan fingerprint density at radius 1 is 1.19 bits per heavy atom. The maximum absolute atomic E-state index is 3.70. The molecule has 1 aromatic rings. The normalized spacial score (nSPS) is 18.9. The zero-order valence-corrected chi connectivity index (χ0v) is 13.2. The molecule has 1 aliphatic carbocycles. The van der Waals surface area contributed by atoms with Crippen LogP contribution in [0, 0.1) is 5.41 Å². The molecule has 1 fully saturated rings. The molecule has 0 aromatic heterocycles. The van der Waals surface area contributed by atoms with Gasteiger partial charge >= 0.3 is 0 Å². The number of thioether (sulfide) groups is 1. The van der Waals surface area contributed by atoms with E-state index < -0.39 is 0 Å². The molecule has 3 heteroatoms. The number of rotatable bonds is 4. The van der Waals surface area contributed by atoms with Crippen LogP contribution in [0.2, 0.25) is 0 Å². The molecule has 0 atom stereocenters. The molecule has 1 aromatic carbocycles. The maximum atomic E-state index is 3.70. The molecule has 1 aliphatic rings. The van der Waals surface area contributed by atoms with Crippen molar-refractivity contribution in [2.24, 2.45) is 5.41 Å². The van der Waals surface area contributed by atoms with E-state index in [2.05, 4.69) is 56.1 Å². The van der Waals surface area contributed by atoms with Gasteiger partial charge in [-0.15, -0.1) is 11.8 Å². The average molecular weight is 364 g/mol. The second kappa shape index (κ2) is 5.92. The van der Waals surface area contributed by atoms with Crippen molar-refractivity contribution in [3.63, 3.8) is 0 Å². The molecule has 1 saturated carbocycles. The van der Waals surface area contributed by atoms with Crippen molar-refractivity contribution in [2.45, 2.75) is 30.6 Å². The van der Waals surface area contributed by atoms with E-state index in [1.54, 1.807) is 0 Å². The first-order valence-corrected chi connectivity index (χ1v) is 8.59. The van der Waals surface area contributed by atoms with Crippen molar-refractivity contribution >= 4 is 43.6 Å². The largest absolute Gasteiger partial charge is 0.124 e. The SMILES string of the molecule is BrCC1(CSc2ccccc2Br)CCCC1. The van der Waals surface area contributed by atoms with Crippen LogP contribution >= 0.6 is 43.6 Å². The van der Waals surface area contributed by atoms with E-state index in [9.17, 15) is 0 Å². The van der Waals surface area contributed by atoms with Gasteiger partial charge in [0.2, 0.25) is 0 Å². The number of halogens is 2. The highest BCUT2D eigenvalue weighted by Gasteiger charge is 2.32. The lowest BCUT2D eigenvalue weighted by atomic mass is 9.92. The number of hydrogen-bond donors (Lipinski definition) is 0. The third-order valence-corrected chi connectivity index (χ3v) is 6.89. The molecule has 0 saturated heterocycles. The van der Waals surface area contributed by atoms with E-state index in [0.29, 0.717) is 5.41 Å². The molecule has 0 amide bonds. The molecule has 0 heterocycles. The van der Waals surface area contributed by atoms with Crippen molar-refractivity contribution in [2.75, 3.05) is 11.1 Å². The fraction of sp³-hybridized carbons (Fsp3) is 0.538. The Balaban J connectivity index is 1.98. The van der Waals surface area contributed by atoms with Crippen molar-refractivity contribution in [3.8, 4) is 0 Å². The number of hydrogen-bond acceptors (Lipinski definition) is 1. The van der Waals surface area contributed by atoms with Crippen LogP contribution < -0.4 is 0 Å². The smallest absolute Gasteiger partial charge is 0.0311 e. The summed E-state index contributed by atoms with van der Waals surface area (Å²) < 4.78 is 1.22. The second-order valence-corrected chi connectivity index (χ2v) is 6.99. The Morgan fingerprint density at radius 2 is 1.88 bits per heavy atom. The lowest BCUT2D eigenvalue weighted by Crippen LogP contribution is -2.21. The molecule has 0 spiro atoms. The lowest BCUT2D eigenvalue weighted by Gasteiger charge is -2.26. The molecular formula is C13H16Br2S. The first-order chi connectivity index (χ1) is 7.76. The monoisotopic (exact) mass is 362 g/mol. The van der Waals surface area contributed by atoms with Crippen LogP contribution in [0.1, 0.15) is 25.7 Å². The van der Waals surface area contributed by atoms with Gasteiger partial charge in [0.15, 0.2) is 0 Å². The van der Waals surface area contributed by atoms with Crippen LogP contribution in [-0.2, 0) is 0 Å². The van der Waals surface area contributed by atoms with Gasteiger partial charge in [-0.05, 0) is 46.3 Å². The third-order valence-electron chi connectivity index (χ3n) is 3.32. The molecule has 16 heavy (non-hydrogen) atoms. The van der Waals surface area contributed by atoms with E-state index >= 15 is 0 Å². The fourth-order valence-corrected chi connectivity index (χ4v) is 5.12. The zero-order chi connectivity index (χ0) is 11.4. The van der Waals surface area contributed by atoms with Crippen molar-refractivity contribution in [1.29, 1.82) is 0 Å². The summed E-state index contributed by atoms with van der Waals surface area (Å²) in [5.41, 5.74) is 0.542. The average Bonchev–Trinajstić information content (AvgIpc) is 2.78. The van der Waals surface area contributed by atoms with Crippen LogP contribution in [0.5, 0.6) is 0 Å². The summed E-state index contributed by atoms with van der Waals surface area (Å²) in [6.07, 6.45) is 5.58. The lowest BCUT2D eigenvalue weighted by molar-refractivity contribution is 0.405. The maximum Gasteiger partial charge on any atom is 0.0311 e. The Hall–Kier alpha value is 0.530. The summed E-state index contributed by atoms with van der Waals surface area (Å²) in [7, 11) is 0. The standard InChI is InChI=1S/C13H16Br2S/c14-9-13(7-3-4-8-13)10-16-12-6-2-1-5-11(12)15/h1-2,5-6H,3-4,7-10H2. The first-order valence-electron chi connectivity index (χ1n) is 5.69. The van der Waals surface area contributed by atoms with Gasteiger partial charge in [-0.3, -0.25) is 0 Å². The highest BCUT2D eigenvalue weighted by Crippen LogP contribution is 2.44. The van der Waals surface area contributed by atoms with Gasteiger partial charge in [-0.1, -0.05) is 40.9 Å². The summed E-state index contributed by atoms with van der Waals surface area (Å²) in [5.74, 6) is 1.24. The van der Waals surface area contributed by atoms with E-state index in [-0.39, 0.29) is 0 Å².